The Hall–Kier alpha value is -2.30. The number of amides is 2. The van der Waals surface area contributed by atoms with E-state index in [4.69, 9.17) is 0 Å². The summed E-state index contributed by atoms with van der Waals surface area (Å²) in [5.41, 5.74) is 2.37. The van der Waals surface area contributed by atoms with Crippen molar-refractivity contribution in [1.29, 1.82) is 0 Å². The van der Waals surface area contributed by atoms with Gasteiger partial charge in [-0.25, -0.2) is 9.78 Å². The molecule has 1 unspecified atom stereocenters. The average molecular weight is 338 g/mol. The second-order valence-electron chi connectivity index (χ2n) is 7.43. The molecule has 2 aromatic rings. The maximum Gasteiger partial charge on any atom is 0.318 e. The summed E-state index contributed by atoms with van der Waals surface area (Å²) in [6.45, 7) is 3.62. The first kappa shape index (κ1) is 16.2. The van der Waals surface area contributed by atoms with Crippen LogP contribution in [0, 0.1) is 5.92 Å². The number of imidazole rings is 1. The smallest absolute Gasteiger partial charge is 0.318 e. The van der Waals surface area contributed by atoms with Crippen molar-refractivity contribution < 1.29 is 4.79 Å². The third-order valence-corrected chi connectivity index (χ3v) is 5.31. The molecule has 2 amide bonds. The largest absolute Gasteiger partial charge is 0.334 e. The number of nitrogens with zero attached hydrogens (tertiary/aromatic N) is 3. The number of nitrogens with one attached hydrogen (secondary N) is 1. The molecule has 1 heterocycles. The molecule has 132 valence electrons. The molecule has 1 N–H and O–H groups in total. The van der Waals surface area contributed by atoms with Crippen molar-refractivity contribution in [3.05, 3.63) is 54.1 Å². The number of benzene rings is 1. The van der Waals surface area contributed by atoms with Gasteiger partial charge in [0.15, 0.2) is 0 Å². The topological polar surface area (TPSA) is 50.2 Å². The maximum atomic E-state index is 12.7. The predicted molar refractivity (Wildman–Crippen MR) is 97.1 cm³/mol. The van der Waals surface area contributed by atoms with Crippen LogP contribution in [0.3, 0.4) is 0 Å². The van der Waals surface area contributed by atoms with Crippen LogP contribution in [-0.2, 0) is 13.1 Å². The van der Waals surface area contributed by atoms with Crippen molar-refractivity contribution in [2.75, 3.05) is 0 Å². The highest BCUT2D eigenvalue weighted by Gasteiger charge is 2.41. The van der Waals surface area contributed by atoms with Crippen LogP contribution in [-0.4, -0.2) is 32.6 Å². The lowest BCUT2D eigenvalue weighted by atomic mass is 10.1. The lowest BCUT2D eigenvalue weighted by molar-refractivity contribution is 0.166. The summed E-state index contributed by atoms with van der Waals surface area (Å²) >= 11 is 0. The minimum absolute atomic E-state index is 0.101. The molecular formula is C20H26N4O. The van der Waals surface area contributed by atoms with Crippen LogP contribution in [0.15, 0.2) is 43.0 Å². The van der Waals surface area contributed by atoms with Crippen LogP contribution >= 0.6 is 0 Å². The first-order valence-electron chi connectivity index (χ1n) is 9.30. The fraction of sp³-hybridized carbons (Fsp3) is 0.500. The van der Waals surface area contributed by atoms with Gasteiger partial charge in [-0.1, -0.05) is 24.3 Å². The second kappa shape index (κ2) is 6.90. The van der Waals surface area contributed by atoms with E-state index in [1.807, 2.05) is 17.1 Å². The molecule has 2 saturated carbocycles. The molecule has 2 aliphatic rings. The van der Waals surface area contributed by atoms with Gasteiger partial charge >= 0.3 is 6.03 Å². The summed E-state index contributed by atoms with van der Waals surface area (Å²) in [6.07, 6.45) is 10.4. The molecule has 1 atom stereocenters. The van der Waals surface area contributed by atoms with Gasteiger partial charge in [0.25, 0.3) is 0 Å². The quantitative estimate of drug-likeness (QED) is 0.841. The highest BCUT2D eigenvalue weighted by Crippen LogP contribution is 2.39. The van der Waals surface area contributed by atoms with E-state index < -0.39 is 0 Å². The fourth-order valence-corrected chi connectivity index (χ4v) is 3.46. The van der Waals surface area contributed by atoms with Crippen LogP contribution in [0.2, 0.25) is 0 Å². The normalized spacial score (nSPS) is 18.0. The van der Waals surface area contributed by atoms with E-state index in [2.05, 4.69) is 46.4 Å². The van der Waals surface area contributed by atoms with Gasteiger partial charge in [0.2, 0.25) is 0 Å². The monoisotopic (exact) mass is 338 g/mol. The third-order valence-electron chi connectivity index (χ3n) is 5.31. The van der Waals surface area contributed by atoms with Crippen LogP contribution in [0.25, 0.3) is 0 Å². The van der Waals surface area contributed by atoms with Crippen molar-refractivity contribution in [3.63, 3.8) is 0 Å². The lowest BCUT2D eigenvalue weighted by Crippen LogP contribution is -2.47. The number of urea groups is 1. The van der Waals surface area contributed by atoms with Gasteiger partial charge in [-0.05, 0) is 49.7 Å². The number of aromatic nitrogens is 2. The molecular weight excluding hydrogens is 312 g/mol. The molecule has 2 fully saturated rings. The van der Waals surface area contributed by atoms with Crippen molar-refractivity contribution in [1.82, 2.24) is 19.8 Å². The zero-order valence-corrected chi connectivity index (χ0v) is 14.8. The number of carbonyl (C=O) groups is 1. The Morgan fingerprint density at radius 1 is 1.24 bits per heavy atom. The minimum atomic E-state index is 0.101. The Labute approximate surface area is 149 Å². The van der Waals surface area contributed by atoms with Gasteiger partial charge in [-0.3, -0.25) is 0 Å². The van der Waals surface area contributed by atoms with Crippen LogP contribution < -0.4 is 5.32 Å². The molecule has 0 aliphatic heterocycles. The van der Waals surface area contributed by atoms with E-state index in [1.165, 1.54) is 18.4 Å². The third kappa shape index (κ3) is 4.03. The summed E-state index contributed by atoms with van der Waals surface area (Å²) in [7, 11) is 0. The van der Waals surface area contributed by atoms with Gasteiger partial charge in [0, 0.05) is 37.6 Å². The van der Waals surface area contributed by atoms with E-state index >= 15 is 0 Å². The van der Waals surface area contributed by atoms with Crippen LogP contribution in [0.1, 0.15) is 43.7 Å². The molecule has 5 nitrogen and oxygen atoms in total. The maximum absolute atomic E-state index is 12.7. The summed E-state index contributed by atoms with van der Waals surface area (Å²) in [4.78, 5) is 18.8. The summed E-state index contributed by atoms with van der Waals surface area (Å²) in [6, 6.07) is 9.37. The molecule has 25 heavy (non-hydrogen) atoms. The van der Waals surface area contributed by atoms with E-state index in [-0.39, 0.29) is 6.03 Å². The Balaban J connectivity index is 1.31. The lowest BCUT2D eigenvalue weighted by Gasteiger charge is -2.29. The van der Waals surface area contributed by atoms with Gasteiger partial charge in [-0.15, -0.1) is 0 Å². The summed E-state index contributed by atoms with van der Waals surface area (Å²) < 4.78 is 2.05. The Morgan fingerprint density at radius 2 is 1.96 bits per heavy atom. The Morgan fingerprint density at radius 3 is 2.56 bits per heavy atom. The zero-order chi connectivity index (χ0) is 17.2. The van der Waals surface area contributed by atoms with Gasteiger partial charge in [-0.2, -0.15) is 0 Å². The molecule has 0 spiro atoms. The van der Waals surface area contributed by atoms with Crippen molar-refractivity contribution in [2.24, 2.45) is 5.92 Å². The fourth-order valence-electron chi connectivity index (χ4n) is 3.46. The highest BCUT2D eigenvalue weighted by molar-refractivity contribution is 5.75. The van der Waals surface area contributed by atoms with Gasteiger partial charge < -0.3 is 14.8 Å². The molecule has 4 rings (SSSR count). The predicted octanol–water partition coefficient (Wildman–Crippen LogP) is 3.40. The number of carbonyl (C=O) groups excluding carboxylic acids is 1. The minimum Gasteiger partial charge on any atom is -0.334 e. The molecule has 0 bridgehead atoms. The van der Waals surface area contributed by atoms with Crippen molar-refractivity contribution >= 4 is 6.03 Å². The van der Waals surface area contributed by atoms with Gasteiger partial charge in [0.05, 0.1) is 6.33 Å². The molecule has 2 aliphatic carbocycles. The number of hydrogen-bond donors (Lipinski definition) is 1. The first-order valence-corrected chi connectivity index (χ1v) is 9.30. The van der Waals surface area contributed by atoms with E-state index in [9.17, 15) is 4.79 Å². The Kier molecular flexibility index (Phi) is 4.47. The number of hydrogen-bond acceptors (Lipinski definition) is 2. The molecule has 0 radical (unpaired) electrons. The van der Waals surface area contributed by atoms with Crippen LogP contribution in [0.4, 0.5) is 4.79 Å². The van der Waals surface area contributed by atoms with E-state index in [0.29, 0.717) is 24.5 Å². The van der Waals surface area contributed by atoms with E-state index in [0.717, 1.165) is 24.9 Å². The van der Waals surface area contributed by atoms with Crippen LogP contribution in [0.5, 0.6) is 0 Å². The summed E-state index contributed by atoms with van der Waals surface area (Å²) in [5, 5.41) is 3.12. The average Bonchev–Trinajstić information content (AvgIpc) is 3.54. The SMILES string of the molecule is CC(C1CC1)N(C(=O)NCc1ccc(Cn2ccnc2)cc1)C1CC1. The Bertz CT molecular complexity index is 702. The first-order chi connectivity index (χ1) is 12.2. The second-order valence-corrected chi connectivity index (χ2v) is 7.43. The highest BCUT2D eigenvalue weighted by atomic mass is 16.2. The molecule has 5 heteroatoms. The molecule has 1 aromatic heterocycles. The van der Waals surface area contributed by atoms with Crippen molar-refractivity contribution in [3.8, 4) is 0 Å². The van der Waals surface area contributed by atoms with Crippen molar-refractivity contribution in [2.45, 2.75) is 57.8 Å². The summed E-state index contributed by atoms with van der Waals surface area (Å²) in [5.74, 6) is 0.716. The van der Waals surface area contributed by atoms with Gasteiger partial charge in [0.1, 0.15) is 0 Å². The zero-order valence-electron chi connectivity index (χ0n) is 14.8. The number of rotatable bonds is 7. The standard InChI is InChI=1S/C20H26N4O/c1-15(18-6-7-18)24(19-8-9-19)20(25)22-12-16-2-4-17(5-3-16)13-23-11-10-21-14-23/h2-5,10-11,14-15,18-19H,6-9,12-13H2,1H3,(H,22,25). The molecule has 0 saturated heterocycles. The van der Waals surface area contributed by atoms with E-state index in [1.54, 1.807) is 6.20 Å². The molecule has 1 aromatic carbocycles.